The van der Waals surface area contributed by atoms with Crippen molar-refractivity contribution in [3.05, 3.63) is 57.1 Å². The third kappa shape index (κ3) is 5.42. The number of pyridine rings is 1. The molecule has 3 heterocycles. The molecule has 5 nitrogen and oxygen atoms in total. The maximum Gasteiger partial charge on any atom is 0.191 e. The van der Waals surface area contributed by atoms with E-state index in [0.717, 1.165) is 28.3 Å². The summed E-state index contributed by atoms with van der Waals surface area (Å²) in [6, 6.07) is 6.15. The first-order chi connectivity index (χ1) is 11.7. The van der Waals surface area contributed by atoms with Crippen LogP contribution in [0.2, 0.25) is 0 Å². The van der Waals surface area contributed by atoms with Crippen molar-refractivity contribution < 1.29 is 0 Å². The lowest BCUT2D eigenvalue weighted by molar-refractivity contribution is 0.699. The lowest BCUT2D eigenvalue weighted by Crippen LogP contribution is -2.38. The molecule has 0 fully saturated rings. The normalized spacial score (nSPS) is 12.7. The number of hydrogen-bond acceptors (Lipinski definition) is 3. The van der Waals surface area contributed by atoms with Crippen molar-refractivity contribution in [1.82, 2.24) is 20.0 Å². The Morgan fingerprint density at radius 2 is 2.16 bits per heavy atom. The molecule has 0 radical (unpaired) electrons. The smallest absolute Gasteiger partial charge is 0.191 e. The van der Waals surface area contributed by atoms with Gasteiger partial charge in [0, 0.05) is 30.5 Å². The summed E-state index contributed by atoms with van der Waals surface area (Å²) in [4.78, 5) is 8.87. The number of guanidine groups is 1. The van der Waals surface area contributed by atoms with Crippen LogP contribution in [0.25, 0.3) is 5.65 Å². The highest BCUT2D eigenvalue weighted by Gasteiger charge is 2.08. The summed E-state index contributed by atoms with van der Waals surface area (Å²) < 4.78 is 3.04. The Morgan fingerprint density at radius 1 is 1.32 bits per heavy atom. The van der Waals surface area contributed by atoms with E-state index >= 15 is 0 Å². The molecule has 0 saturated heterocycles. The fourth-order valence-electron chi connectivity index (χ4n) is 2.42. The summed E-state index contributed by atoms with van der Waals surface area (Å²) in [5.41, 5.74) is 3.26. The fourth-order valence-corrected chi connectivity index (χ4v) is 3.56. The molecule has 1 unspecified atom stereocenters. The molecule has 8 heteroatoms. The van der Waals surface area contributed by atoms with Crippen molar-refractivity contribution in [3.63, 3.8) is 0 Å². The van der Waals surface area contributed by atoms with Gasteiger partial charge in [-0.3, -0.25) is 4.99 Å². The lowest BCUT2D eigenvalue weighted by atomic mass is 10.1. The van der Waals surface area contributed by atoms with Gasteiger partial charge >= 0.3 is 0 Å². The van der Waals surface area contributed by atoms with Crippen LogP contribution in [0, 0.1) is 0 Å². The van der Waals surface area contributed by atoms with E-state index in [1.165, 1.54) is 5.56 Å². The predicted molar refractivity (Wildman–Crippen MR) is 119 cm³/mol. The summed E-state index contributed by atoms with van der Waals surface area (Å²) >= 11 is 5.20. The highest BCUT2D eigenvalue weighted by molar-refractivity contribution is 14.0. The van der Waals surface area contributed by atoms with E-state index in [0.29, 0.717) is 12.5 Å². The number of halogens is 2. The van der Waals surface area contributed by atoms with Crippen molar-refractivity contribution >= 4 is 62.9 Å². The van der Waals surface area contributed by atoms with Crippen LogP contribution in [0.1, 0.15) is 24.1 Å². The largest absolute Gasteiger partial charge is 0.356 e. The molecule has 0 bridgehead atoms. The molecule has 134 valence electrons. The number of aliphatic imine (C=N–C) groups is 1. The third-order valence-electron chi connectivity index (χ3n) is 3.81. The van der Waals surface area contributed by atoms with Gasteiger partial charge in [0.2, 0.25) is 0 Å². The van der Waals surface area contributed by atoms with Crippen LogP contribution in [0.3, 0.4) is 0 Å². The van der Waals surface area contributed by atoms with Gasteiger partial charge in [-0.2, -0.15) is 11.3 Å². The van der Waals surface area contributed by atoms with E-state index in [1.807, 2.05) is 28.9 Å². The monoisotopic (exact) mass is 533 g/mol. The van der Waals surface area contributed by atoms with Crippen molar-refractivity contribution in [2.75, 3.05) is 13.6 Å². The van der Waals surface area contributed by atoms with Gasteiger partial charge in [-0.15, -0.1) is 24.0 Å². The second-order valence-electron chi connectivity index (χ2n) is 5.61. The Hall–Kier alpha value is -1.13. The molecule has 1 atom stereocenters. The number of imidazole rings is 1. The number of nitrogens with one attached hydrogen (secondary N) is 2. The lowest BCUT2D eigenvalue weighted by Gasteiger charge is -2.14. The molecule has 3 aromatic heterocycles. The maximum absolute atomic E-state index is 4.59. The van der Waals surface area contributed by atoms with Crippen LogP contribution in [0.5, 0.6) is 0 Å². The Bertz CT molecular complexity index is 831. The Balaban J connectivity index is 0.00000225. The first-order valence-corrected chi connectivity index (χ1v) is 9.49. The van der Waals surface area contributed by atoms with Crippen LogP contribution in [-0.4, -0.2) is 28.9 Å². The minimum absolute atomic E-state index is 0. The highest BCUT2D eigenvalue weighted by atomic mass is 127. The van der Waals surface area contributed by atoms with Gasteiger partial charge in [0.15, 0.2) is 5.96 Å². The summed E-state index contributed by atoms with van der Waals surface area (Å²) in [6.07, 6.45) is 4.02. The number of fused-ring (bicyclic) bond motifs is 1. The zero-order valence-electron chi connectivity index (χ0n) is 14.1. The summed E-state index contributed by atoms with van der Waals surface area (Å²) in [7, 11) is 1.78. The van der Waals surface area contributed by atoms with E-state index in [2.05, 4.69) is 60.3 Å². The number of nitrogens with zero attached hydrogens (tertiary/aromatic N) is 3. The van der Waals surface area contributed by atoms with Gasteiger partial charge in [-0.25, -0.2) is 4.98 Å². The molecule has 0 aliphatic heterocycles. The molecule has 0 aliphatic carbocycles. The molecule has 0 amide bonds. The fraction of sp³-hybridized carbons (Fsp3) is 0.294. The van der Waals surface area contributed by atoms with Crippen LogP contribution >= 0.6 is 51.2 Å². The Kier molecular flexibility index (Phi) is 7.70. The zero-order valence-corrected chi connectivity index (χ0v) is 18.8. The van der Waals surface area contributed by atoms with Crippen molar-refractivity contribution in [2.24, 2.45) is 4.99 Å². The van der Waals surface area contributed by atoms with Crippen LogP contribution < -0.4 is 10.6 Å². The number of hydrogen-bond donors (Lipinski definition) is 2. The van der Waals surface area contributed by atoms with Crippen molar-refractivity contribution in [2.45, 2.75) is 19.4 Å². The second kappa shape index (κ2) is 9.54. The molecule has 0 spiro atoms. The average molecular weight is 534 g/mol. The third-order valence-corrected chi connectivity index (χ3v) is 4.98. The highest BCUT2D eigenvalue weighted by Crippen LogP contribution is 2.17. The van der Waals surface area contributed by atoms with E-state index in [9.17, 15) is 0 Å². The standard InChI is InChI=1S/C17H20BrN5S.HI/c1-12(13-5-6-24-11-13)7-20-17(19-2)21-8-15-10-23-9-14(18)3-4-16(23)22-15;/h3-6,9-12H,7-8H2,1-2H3,(H2,19,20,21);1H. The van der Waals surface area contributed by atoms with Crippen LogP contribution in [-0.2, 0) is 6.54 Å². The molecular formula is C17H21BrIN5S. The molecule has 3 aromatic rings. The molecule has 25 heavy (non-hydrogen) atoms. The quantitative estimate of drug-likeness (QED) is 0.293. The SMILES string of the molecule is CN=C(NCc1cn2cc(Br)ccc2n1)NCC(C)c1ccsc1.I. The number of aromatic nitrogens is 2. The van der Waals surface area contributed by atoms with Crippen LogP contribution in [0.4, 0.5) is 0 Å². The number of thiophene rings is 1. The average Bonchev–Trinajstić information content (AvgIpc) is 3.23. The van der Waals surface area contributed by atoms with Crippen molar-refractivity contribution in [1.29, 1.82) is 0 Å². The van der Waals surface area contributed by atoms with E-state index < -0.39 is 0 Å². The van der Waals surface area contributed by atoms with Gasteiger partial charge in [0.25, 0.3) is 0 Å². The van der Waals surface area contributed by atoms with E-state index in [1.54, 1.807) is 18.4 Å². The van der Waals surface area contributed by atoms with E-state index in [-0.39, 0.29) is 24.0 Å². The topological polar surface area (TPSA) is 53.7 Å². The molecule has 0 aliphatic rings. The minimum atomic E-state index is 0. The predicted octanol–water partition coefficient (Wildman–Crippen LogP) is 4.25. The molecule has 0 saturated carbocycles. The first kappa shape index (κ1) is 20.2. The maximum atomic E-state index is 4.59. The molecular weight excluding hydrogens is 513 g/mol. The van der Waals surface area contributed by atoms with Gasteiger partial charge in [-0.05, 0) is 56.4 Å². The van der Waals surface area contributed by atoms with E-state index in [4.69, 9.17) is 0 Å². The molecule has 0 aromatic carbocycles. The van der Waals surface area contributed by atoms with Gasteiger partial charge in [0.1, 0.15) is 5.65 Å². The van der Waals surface area contributed by atoms with Crippen molar-refractivity contribution in [3.8, 4) is 0 Å². The summed E-state index contributed by atoms with van der Waals surface area (Å²) in [5.74, 6) is 1.23. The Morgan fingerprint density at radius 3 is 2.88 bits per heavy atom. The summed E-state index contributed by atoms with van der Waals surface area (Å²) in [6.45, 7) is 3.68. The van der Waals surface area contributed by atoms with Gasteiger partial charge < -0.3 is 15.0 Å². The zero-order chi connectivity index (χ0) is 16.9. The van der Waals surface area contributed by atoms with Gasteiger partial charge in [-0.1, -0.05) is 6.92 Å². The molecule has 3 rings (SSSR count). The number of rotatable bonds is 5. The summed E-state index contributed by atoms with van der Waals surface area (Å²) in [5, 5.41) is 11.0. The second-order valence-corrected chi connectivity index (χ2v) is 7.31. The minimum Gasteiger partial charge on any atom is -0.356 e. The Labute approximate surface area is 177 Å². The van der Waals surface area contributed by atoms with Crippen LogP contribution in [0.15, 0.2) is 50.8 Å². The first-order valence-electron chi connectivity index (χ1n) is 7.75. The van der Waals surface area contributed by atoms with Gasteiger partial charge in [0.05, 0.1) is 12.2 Å². The molecule has 2 N–H and O–H groups in total.